The number of rotatable bonds is 3. The number of hydrogen-bond donors (Lipinski definition) is 0. The zero-order valence-electron chi connectivity index (χ0n) is 11.2. The zero-order valence-corrected chi connectivity index (χ0v) is 11.2. The maximum Gasteiger partial charge on any atom is 0.348 e. The van der Waals surface area contributed by atoms with Crippen molar-refractivity contribution >= 4 is 5.97 Å². The van der Waals surface area contributed by atoms with Crippen molar-refractivity contribution < 1.29 is 18.3 Å². The van der Waals surface area contributed by atoms with E-state index in [1.54, 1.807) is 24.3 Å². The number of carbonyl (C=O) groups excluding carboxylic acids is 1. The first-order valence-corrected chi connectivity index (χ1v) is 6.09. The Hall–Kier alpha value is -2.23. The van der Waals surface area contributed by atoms with Crippen LogP contribution >= 0.6 is 0 Å². The molecule has 0 aliphatic rings. The van der Waals surface area contributed by atoms with Crippen molar-refractivity contribution in [3.63, 3.8) is 0 Å². The van der Waals surface area contributed by atoms with Crippen LogP contribution in [0.1, 0.15) is 12.5 Å². The van der Waals surface area contributed by atoms with Gasteiger partial charge >= 0.3 is 5.97 Å². The van der Waals surface area contributed by atoms with E-state index in [0.29, 0.717) is 11.1 Å². The van der Waals surface area contributed by atoms with Gasteiger partial charge in [-0.15, -0.1) is 0 Å². The van der Waals surface area contributed by atoms with Gasteiger partial charge in [0, 0.05) is 11.1 Å². The molecule has 0 aliphatic heterocycles. The van der Waals surface area contributed by atoms with Crippen LogP contribution in [0.4, 0.5) is 8.78 Å². The van der Waals surface area contributed by atoms with Crippen molar-refractivity contribution in [1.82, 2.24) is 0 Å². The van der Waals surface area contributed by atoms with Crippen LogP contribution in [0.2, 0.25) is 0 Å². The highest BCUT2D eigenvalue weighted by atomic mass is 19.1. The third-order valence-corrected chi connectivity index (χ3v) is 3.16. The summed E-state index contributed by atoms with van der Waals surface area (Å²) in [5.41, 5.74) is -1.39. The number of esters is 1. The zero-order chi connectivity index (χ0) is 14.8. The summed E-state index contributed by atoms with van der Waals surface area (Å²) in [6.45, 7) is 1.05. The predicted molar refractivity (Wildman–Crippen MR) is 72.3 cm³/mol. The van der Waals surface area contributed by atoms with Crippen molar-refractivity contribution in [2.24, 2.45) is 0 Å². The average molecular weight is 276 g/mol. The molecule has 0 radical (unpaired) electrons. The van der Waals surface area contributed by atoms with Crippen molar-refractivity contribution in [2.45, 2.75) is 12.6 Å². The molecule has 20 heavy (non-hydrogen) atoms. The van der Waals surface area contributed by atoms with Crippen LogP contribution in [0.5, 0.6) is 0 Å². The van der Waals surface area contributed by atoms with Gasteiger partial charge in [0.15, 0.2) is 0 Å². The highest BCUT2D eigenvalue weighted by Gasteiger charge is 2.36. The minimum absolute atomic E-state index is 0.0680. The first kappa shape index (κ1) is 14.2. The van der Waals surface area contributed by atoms with Crippen LogP contribution in [-0.4, -0.2) is 13.1 Å². The molecule has 2 aromatic rings. The van der Waals surface area contributed by atoms with Gasteiger partial charge < -0.3 is 4.74 Å². The topological polar surface area (TPSA) is 26.3 Å². The smallest absolute Gasteiger partial charge is 0.348 e. The van der Waals surface area contributed by atoms with E-state index in [1.807, 2.05) is 6.07 Å². The SMILES string of the molecule is COC(=O)[C@@](C)(F)c1ccc(-c2ccccc2)c(F)c1. The summed E-state index contributed by atoms with van der Waals surface area (Å²) < 4.78 is 32.8. The summed E-state index contributed by atoms with van der Waals surface area (Å²) in [4.78, 5) is 11.4. The summed E-state index contributed by atoms with van der Waals surface area (Å²) in [5, 5.41) is 0. The highest BCUT2D eigenvalue weighted by molar-refractivity contribution is 5.81. The molecule has 4 heteroatoms. The quantitative estimate of drug-likeness (QED) is 0.796. The van der Waals surface area contributed by atoms with E-state index in [-0.39, 0.29) is 5.56 Å². The second-order valence-corrected chi connectivity index (χ2v) is 4.56. The fourth-order valence-corrected chi connectivity index (χ4v) is 1.97. The normalized spacial score (nSPS) is 13.6. The number of benzene rings is 2. The highest BCUT2D eigenvalue weighted by Crippen LogP contribution is 2.31. The second-order valence-electron chi connectivity index (χ2n) is 4.56. The van der Waals surface area contributed by atoms with E-state index < -0.39 is 17.5 Å². The maximum absolute atomic E-state index is 14.3. The van der Waals surface area contributed by atoms with Crippen LogP contribution in [0, 0.1) is 5.82 Å². The van der Waals surface area contributed by atoms with E-state index in [0.717, 1.165) is 20.1 Å². The van der Waals surface area contributed by atoms with E-state index >= 15 is 0 Å². The number of carbonyl (C=O) groups is 1. The lowest BCUT2D eigenvalue weighted by molar-refractivity contribution is -0.154. The molecule has 0 N–H and O–H groups in total. The monoisotopic (exact) mass is 276 g/mol. The van der Waals surface area contributed by atoms with Gasteiger partial charge in [-0.05, 0) is 18.6 Å². The molecule has 2 aromatic carbocycles. The molecule has 0 saturated carbocycles. The summed E-state index contributed by atoms with van der Waals surface area (Å²) in [6.07, 6.45) is 0. The summed E-state index contributed by atoms with van der Waals surface area (Å²) in [7, 11) is 1.09. The molecule has 2 rings (SSSR count). The van der Waals surface area contributed by atoms with Crippen molar-refractivity contribution in [3.8, 4) is 11.1 Å². The Labute approximate surface area is 116 Å². The average Bonchev–Trinajstić information content (AvgIpc) is 2.47. The summed E-state index contributed by atoms with van der Waals surface area (Å²) >= 11 is 0. The molecule has 104 valence electrons. The van der Waals surface area contributed by atoms with E-state index in [1.165, 1.54) is 12.1 Å². The van der Waals surface area contributed by atoms with Gasteiger partial charge in [-0.25, -0.2) is 13.6 Å². The molecule has 0 amide bonds. The summed E-state index contributed by atoms with van der Waals surface area (Å²) in [5.74, 6) is -1.63. The minimum Gasteiger partial charge on any atom is -0.466 e. The summed E-state index contributed by atoms with van der Waals surface area (Å²) in [6, 6.07) is 12.8. The number of halogens is 2. The van der Waals surface area contributed by atoms with Crippen molar-refractivity contribution in [1.29, 1.82) is 0 Å². The third-order valence-electron chi connectivity index (χ3n) is 3.16. The largest absolute Gasteiger partial charge is 0.466 e. The number of methoxy groups -OCH3 is 1. The second kappa shape index (κ2) is 5.41. The Morgan fingerprint density at radius 3 is 2.35 bits per heavy atom. The van der Waals surface area contributed by atoms with Crippen LogP contribution in [0.25, 0.3) is 11.1 Å². The van der Waals surface area contributed by atoms with Crippen molar-refractivity contribution in [2.75, 3.05) is 7.11 Å². The van der Waals surface area contributed by atoms with Crippen LogP contribution in [0.3, 0.4) is 0 Å². The fraction of sp³-hybridized carbons (Fsp3) is 0.188. The fourth-order valence-electron chi connectivity index (χ4n) is 1.97. The molecule has 2 nitrogen and oxygen atoms in total. The molecular weight excluding hydrogens is 262 g/mol. The molecule has 0 aromatic heterocycles. The Kier molecular flexibility index (Phi) is 3.84. The molecule has 1 atom stereocenters. The van der Waals surface area contributed by atoms with Gasteiger partial charge in [-0.2, -0.15) is 0 Å². The van der Waals surface area contributed by atoms with Crippen molar-refractivity contribution in [3.05, 3.63) is 59.9 Å². The molecule has 0 bridgehead atoms. The first-order chi connectivity index (χ1) is 9.46. The van der Waals surface area contributed by atoms with E-state index in [4.69, 9.17) is 0 Å². The lowest BCUT2D eigenvalue weighted by Gasteiger charge is -2.18. The van der Waals surface area contributed by atoms with Gasteiger partial charge in [0.1, 0.15) is 5.82 Å². The van der Waals surface area contributed by atoms with Crippen LogP contribution < -0.4 is 0 Å². The Bertz CT molecular complexity index is 622. The minimum atomic E-state index is -2.37. The Morgan fingerprint density at radius 1 is 1.15 bits per heavy atom. The molecule has 0 fully saturated rings. The standard InChI is InChI=1S/C16H14F2O2/c1-16(18,15(19)20-2)12-8-9-13(14(17)10-12)11-6-4-3-5-7-11/h3-10H,1-2H3/t16-/m0/s1. The number of hydrogen-bond acceptors (Lipinski definition) is 2. The van der Waals surface area contributed by atoms with E-state index in [9.17, 15) is 13.6 Å². The van der Waals surface area contributed by atoms with Gasteiger partial charge in [-0.1, -0.05) is 42.5 Å². The van der Waals surface area contributed by atoms with Crippen LogP contribution in [0.15, 0.2) is 48.5 Å². The molecule has 0 saturated heterocycles. The molecule has 0 aliphatic carbocycles. The Morgan fingerprint density at radius 2 is 1.80 bits per heavy atom. The molecular formula is C16H14F2O2. The number of ether oxygens (including phenoxy) is 1. The van der Waals surface area contributed by atoms with Gasteiger partial charge in [0.2, 0.25) is 5.67 Å². The molecule has 0 unspecified atom stereocenters. The molecule has 0 heterocycles. The lowest BCUT2D eigenvalue weighted by Crippen LogP contribution is -2.28. The third kappa shape index (κ3) is 2.54. The van der Waals surface area contributed by atoms with Gasteiger partial charge in [-0.3, -0.25) is 0 Å². The van der Waals surface area contributed by atoms with Gasteiger partial charge in [0.05, 0.1) is 7.11 Å². The Balaban J connectivity index is 2.43. The lowest BCUT2D eigenvalue weighted by atomic mass is 9.95. The maximum atomic E-state index is 14.3. The van der Waals surface area contributed by atoms with Crippen LogP contribution in [-0.2, 0) is 15.2 Å². The van der Waals surface area contributed by atoms with Gasteiger partial charge in [0.25, 0.3) is 0 Å². The first-order valence-electron chi connectivity index (χ1n) is 6.09. The molecule has 0 spiro atoms. The van der Waals surface area contributed by atoms with E-state index in [2.05, 4.69) is 4.74 Å². The number of alkyl halides is 1. The predicted octanol–water partition coefficient (Wildman–Crippen LogP) is 3.85.